The van der Waals surface area contributed by atoms with Gasteiger partial charge in [-0.05, 0) is 114 Å². The predicted octanol–water partition coefficient (Wildman–Crippen LogP) is 15.3. The minimum absolute atomic E-state index is 0. The van der Waals surface area contributed by atoms with E-state index >= 15 is 0 Å². The average molecular weight is 1470 g/mol. The van der Waals surface area contributed by atoms with E-state index in [2.05, 4.69) is 29.9 Å². The van der Waals surface area contributed by atoms with Crippen LogP contribution in [0.5, 0.6) is 17.2 Å². The van der Waals surface area contributed by atoms with E-state index < -0.39 is 35.8 Å². The van der Waals surface area contributed by atoms with Crippen LogP contribution in [0.1, 0.15) is 96.3 Å². The Kier molecular flexibility index (Phi) is 30.7. The van der Waals surface area contributed by atoms with Gasteiger partial charge < -0.3 is 46.0 Å². The van der Waals surface area contributed by atoms with Crippen molar-refractivity contribution in [2.24, 2.45) is 0 Å². The van der Waals surface area contributed by atoms with E-state index in [9.17, 15) is 44.1 Å². The summed E-state index contributed by atoms with van der Waals surface area (Å²) >= 11 is 0. The number of carboxylic acid groups (broad SMARTS) is 6. The van der Waals surface area contributed by atoms with E-state index in [0.29, 0.717) is 33.1 Å². The molecule has 22 heteroatoms. The second-order valence-corrected chi connectivity index (χ2v) is 22.7. The van der Waals surface area contributed by atoms with E-state index in [0.717, 1.165) is 66.5 Å². The van der Waals surface area contributed by atoms with Crippen molar-refractivity contribution in [1.29, 1.82) is 0 Å². The van der Waals surface area contributed by atoms with Crippen molar-refractivity contribution < 1.29 is 74.7 Å². The number of rotatable bonds is 6. The van der Waals surface area contributed by atoms with Crippen LogP contribution in [-0.2, 0) is 0 Å². The molecule has 6 heterocycles. The summed E-state index contributed by atoms with van der Waals surface area (Å²) in [7, 11) is 0. The van der Waals surface area contributed by atoms with Gasteiger partial charge in [0.1, 0.15) is 0 Å². The van der Waals surface area contributed by atoms with E-state index in [1.165, 1.54) is 36.4 Å². The van der Waals surface area contributed by atoms with Gasteiger partial charge in [-0.1, -0.05) is 200 Å². The summed E-state index contributed by atoms with van der Waals surface area (Å²) < 4.78 is 0. The number of fused-ring (bicyclic) bond motifs is 6. The van der Waals surface area contributed by atoms with Gasteiger partial charge in [-0.15, -0.1) is 17.2 Å². The molecule has 15 aromatic rings. The zero-order valence-electron chi connectivity index (χ0n) is 58.1. The molecule has 21 nitrogen and oxygen atoms in total. The van der Waals surface area contributed by atoms with Crippen molar-refractivity contribution in [2.75, 3.05) is 0 Å². The van der Waals surface area contributed by atoms with Gasteiger partial charge in [-0.25, -0.2) is 28.8 Å². The molecular formula is C84H69GaN6O15. The first-order chi connectivity index (χ1) is 50.3. The molecule has 0 aliphatic rings. The molecule has 0 aliphatic carbocycles. The second kappa shape index (κ2) is 40.1. The van der Waals surface area contributed by atoms with Gasteiger partial charge >= 0.3 is 55.6 Å². The summed E-state index contributed by atoms with van der Waals surface area (Å²) in [5.41, 5.74) is 9.82. The summed E-state index contributed by atoms with van der Waals surface area (Å²) in [6, 6.07) is 78.3. The molecular weight excluding hydrogens is 1400 g/mol. The molecule has 0 saturated carbocycles. The number of aromatic nitrogens is 6. The molecule has 9 aromatic carbocycles. The molecule has 0 spiro atoms. The Morgan fingerprint density at radius 1 is 0.208 bits per heavy atom. The molecule has 0 amide bonds. The summed E-state index contributed by atoms with van der Waals surface area (Å²) in [6.45, 7) is 11.1. The molecule has 0 unspecified atom stereocenters. The van der Waals surface area contributed by atoms with E-state index in [1.807, 2.05) is 169 Å². The van der Waals surface area contributed by atoms with Crippen molar-refractivity contribution in [3.05, 3.63) is 341 Å². The average Bonchev–Trinajstić information content (AvgIpc) is 0.854. The van der Waals surface area contributed by atoms with Crippen LogP contribution in [0.25, 0.3) is 65.4 Å². The van der Waals surface area contributed by atoms with Crippen molar-refractivity contribution in [2.45, 2.75) is 41.5 Å². The third kappa shape index (κ3) is 24.3. The molecule has 0 saturated heterocycles. The molecule has 0 bridgehead atoms. The quantitative estimate of drug-likeness (QED) is 0.0842. The minimum atomic E-state index is -0.936. The van der Waals surface area contributed by atoms with Gasteiger partial charge in [-0.2, -0.15) is 0 Å². The van der Waals surface area contributed by atoms with Gasteiger partial charge in [0.25, 0.3) is 0 Å². The third-order valence-corrected chi connectivity index (χ3v) is 14.8. The van der Waals surface area contributed by atoms with Gasteiger partial charge in [0.05, 0.1) is 66.5 Å². The third-order valence-electron chi connectivity index (χ3n) is 14.8. The molecule has 106 heavy (non-hydrogen) atoms. The van der Waals surface area contributed by atoms with Gasteiger partial charge in [-0.3, -0.25) is 29.9 Å². The van der Waals surface area contributed by atoms with Crippen molar-refractivity contribution >= 4 is 121 Å². The van der Waals surface area contributed by atoms with Crippen LogP contribution < -0.4 is 15.3 Å². The Morgan fingerprint density at radius 2 is 0.349 bits per heavy atom. The summed E-state index contributed by atoms with van der Waals surface area (Å²) in [6.07, 6.45) is 0. The fraction of sp³-hybridized carbons (Fsp3) is 0.0714. The Morgan fingerprint density at radius 3 is 0.462 bits per heavy atom. The first kappa shape index (κ1) is 81.3. The fourth-order valence-corrected chi connectivity index (χ4v) is 9.76. The number of carbonyl (C=O) groups is 6. The van der Waals surface area contributed by atoms with Crippen LogP contribution >= 0.6 is 0 Å². The topological polar surface area (TPSA) is 370 Å². The van der Waals surface area contributed by atoms with Gasteiger partial charge in [0, 0.05) is 66.5 Å². The van der Waals surface area contributed by atoms with Gasteiger partial charge in [0.15, 0.2) is 0 Å². The molecule has 6 N–H and O–H groups in total. The molecule has 15 rings (SSSR count). The Labute approximate surface area is 621 Å². The smallest absolute Gasteiger partial charge is 0.872 e. The number of carboxylic acids is 6. The fourth-order valence-electron chi connectivity index (χ4n) is 9.76. The number of benzene rings is 9. The number of aryl methyl sites for hydroxylation is 6. The maximum Gasteiger partial charge on any atom is 3.00 e. The number of pyridine rings is 6. The van der Waals surface area contributed by atoms with Crippen molar-refractivity contribution in [1.82, 2.24) is 29.9 Å². The zero-order valence-corrected chi connectivity index (χ0v) is 60.5. The van der Waals surface area contributed by atoms with Crippen LogP contribution in [0.3, 0.4) is 0 Å². The SMILES string of the molecule is Cc1ccc2cccc(C(=O)O)c2n1.Cc1ccc2cccc(C(=O)O)c2n1.Cc1ccc2cccc(C(=O)O)c2n1.Cc1ccc2cccc(C(=O)O)c2n1.Cc1ccc2cccc(C(=O)O)c2n1.Cc1ccc2cccc(C(=O)O)c2n1.[Ga+3].[O-]c1ccccc1.[O-]c1ccccc1.[O-]c1ccccc1. The first-order valence-electron chi connectivity index (χ1n) is 32.0. The number of hydrogen-bond acceptors (Lipinski definition) is 15. The number of hydrogen-bond donors (Lipinski definition) is 6. The first-order valence-corrected chi connectivity index (χ1v) is 32.0. The number of aromatic carboxylic acids is 6. The predicted molar refractivity (Wildman–Crippen MR) is 404 cm³/mol. The molecule has 0 fully saturated rings. The van der Waals surface area contributed by atoms with E-state index in [4.69, 9.17) is 30.6 Å². The summed E-state index contributed by atoms with van der Waals surface area (Å²) in [5, 5.41) is 89.6. The monoisotopic (exact) mass is 1470 g/mol. The molecule has 0 aliphatic heterocycles. The Balaban J connectivity index is 0.000000189. The normalized spacial score (nSPS) is 9.91. The minimum Gasteiger partial charge on any atom is -0.872 e. The standard InChI is InChI=1S/6C11H9NO2.3C6H6O.Ga/c6*1-7-5-6-8-3-2-4-9(11(13)14)10(8)12-7;3*7-6-4-2-1-3-5-6;/h6*2-6H,1H3,(H,13,14);3*1-5,7H;/q;;;;;;;;;+3/p-3. The largest absolute Gasteiger partial charge is 3.00 e. The van der Waals surface area contributed by atoms with Crippen LogP contribution in [0.2, 0.25) is 0 Å². The van der Waals surface area contributed by atoms with E-state index in [1.54, 1.807) is 109 Å². The van der Waals surface area contributed by atoms with Crippen molar-refractivity contribution in [3.8, 4) is 17.2 Å². The van der Waals surface area contributed by atoms with Crippen LogP contribution in [-0.4, -0.2) is 116 Å². The van der Waals surface area contributed by atoms with E-state index in [-0.39, 0.29) is 70.4 Å². The number of para-hydroxylation sites is 9. The Bertz CT molecular complexity index is 4720. The zero-order chi connectivity index (χ0) is 76.1. The van der Waals surface area contributed by atoms with Crippen LogP contribution in [0.15, 0.2) is 273 Å². The maximum atomic E-state index is 10.9. The van der Waals surface area contributed by atoms with Crippen molar-refractivity contribution in [3.63, 3.8) is 0 Å². The van der Waals surface area contributed by atoms with Crippen LogP contribution in [0, 0.1) is 41.5 Å². The van der Waals surface area contributed by atoms with Gasteiger partial charge in [0.2, 0.25) is 0 Å². The van der Waals surface area contributed by atoms with Crippen LogP contribution in [0.4, 0.5) is 0 Å². The summed E-state index contributed by atoms with van der Waals surface area (Å²) in [5.74, 6) is -5.40. The second-order valence-electron chi connectivity index (χ2n) is 22.7. The number of nitrogens with zero attached hydrogens (tertiary/aromatic N) is 6. The molecule has 0 radical (unpaired) electrons. The molecule has 528 valence electrons. The summed E-state index contributed by atoms with van der Waals surface area (Å²) in [4.78, 5) is 90.6. The molecule has 6 aromatic heterocycles. The molecule has 0 atom stereocenters. The maximum absolute atomic E-state index is 10.9. The Hall–Kier alpha value is -13.7.